The monoisotopic (exact) mass is 237 g/mol. The predicted octanol–water partition coefficient (Wildman–Crippen LogP) is 2.33. The second-order valence-electron chi connectivity index (χ2n) is 4.11. The van der Waals surface area contributed by atoms with Gasteiger partial charge in [-0.2, -0.15) is 11.8 Å². The van der Waals surface area contributed by atoms with Crippen molar-refractivity contribution in [1.82, 2.24) is 5.32 Å². The van der Waals surface area contributed by atoms with Crippen LogP contribution in [-0.4, -0.2) is 31.2 Å². The molecule has 1 saturated heterocycles. The fraction of sp³-hybridized carbons (Fsp3) is 0.538. The Hall–Kier alpha value is -0.670. The number of nitrogens with one attached hydrogen (secondary N) is 1. The third-order valence-electron chi connectivity index (χ3n) is 2.94. The zero-order valence-corrected chi connectivity index (χ0v) is 10.6. The molecule has 0 radical (unpaired) electrons. The lowest BCUT2D eigenvalue weighted by atomic mass is 10.1. The molecule has 0 saturated carbocycles. The van der Waals surface area contributed by atoms with Crippen LogP contribution in [0.3, 0.4) is 0 Å². The van der Waals surface area contributed by atoms with Crippen LogP contribution in [0.2, 0.25) is 0 Å². The minimum atomic E-state index is 0.739. The lowest BCUT2D eigenvalue weighted by Crippen LogP contribution is -2.30. The van der Waals surface area contributed by atoms with E-state index in [1.54, 1.807) is 7.11 Å². The van der Waals surface area contributed by atoms with Crippen molar-refractivity contribution in [2.24, 2.45) is 0 Å². The minimum Gasteiger partial charge on any atom is -0.497 e. The Labute approximate surface area is 102 Å². The van der Waals surface area contributed by atoms with Crippen LogP contribution in [0.5, 0.6) is 5.75 Å². The van der Waals surface area contributed by atoms with Crippen molar-refractivity contribution < 1.29 is 4.74 Å². The summed E-state index contributed by atoms with van der Waals surface area (Å²) in [5.41, 5.74) is 1.37. The summed E-state index contributed by atoms with van der Waals surface area (Å²) in [6, 6.07) is 9.08. The first-order chi connectivity index (χ1) is 7.88. The van der Waals surface area contributed by atoms with E-state index in [9.17, 15) is 0 Å². The number of ether oxygens (including phenoxy) is 1. The van der Waals surface area contributed by atoms with Crippen LogP contribution in [0.15, 0.2) is 24.3 Å². The second-order valence-corrected chi connectivity index (χ2v) is 5.26. The van der Waals surface area contributed by atoms with Gasteiger partial charge in [-0.05, 0) is 42.8 Å². The fourth-order valence-electron chi connectivity index (χ4n) is 1.91. The molecule has 2 nitrogen and oxygen atoms in total. The van der Waals surface area contributed by atoms with Crippen LogP contribution in [0.1, 0.15) is 12.0 Å². The number of hydrogen-bond acceptors (Lipinski definition) is 3. The van der Waals surface area contributed by atoms with Crippen LogP contribution in [0.25, 0.3) is 0 Å². The average Bonchev–Trinajstić information content (AvgIpc) is 2.83. The number of rotatable bonds is 5. The van der Waals surface area contributed by atoms with Crippen molar-refractivity contribution in [3.8, 4) is 5.75 Å². The summed E-state index contributed by atoms with van der Waals surface area (Å²) in [6.45, 7) is 1.08. The summed E-state index contributed by atoms with van der Waals surface area (Å²) in [7, 11) is 1.70. The maximum absolute atomic E-state index is 5.14. The van der Waals surface area contributed by atoms with E-state index < -0.39 is 0 Å². The van der Waals surface area contributed by atoms with Crippen molar-refractivity contribution >= 4 is 11.8 Å². The van der Waals surface area contributed by atoms with E-state index in [0.29, 0.717) is 0 Å². The molecule has 1 aliphatic rings. The molecule has 88 valence electrons. The summed E-state index contributed by atoms with van der Waals surface area (Å²) in [6.07, 6.45) is 2.43. The standard InChI is InChI=1S/C13H19NOS/c1-15-13-4-2-11(3-5-13)6-8-14-12-7-9-16-10-12/h2-5,12,14H,6-10H2,1H3/t12-/m1/s1. The van der Waals surface area contributed by atoms with Crippen molar-refractivity contribution in [2.75, 3.05) is 25.2 Å². The Morgan fingerprint density at radius 1 is 1.38 bits per heavy atom. The molecule has 1 aromatic rings. The molecular weight excluding hydrogens is 218 g/mol. The molecule has 16 heavy (non-hydrogen) atoms. The first-order valence-electron chi connectivity index (χ1n) is 5.82. The molecule has 1 N–H and O–H groups in total. The van der Waals surface area contributed by atoms with Crippen molar-refractivity contribution in [1.29, 1.82) is 0 Å². The van der Waals surface area contributed by atoms with Gasteiger partial charge in [0.25, 0.3) is 0 Å². The Bertz CT molecular complexity index is 306. The molecule has 0 aromatic heterocycles. The third kappa shape index (κ3) is 3.42. The van der Waals surface area contributed by atoms with Gasteiger partial charge in [0.05, 0.1) is 7.11 Å². The molecule has 2 rings (SSSR count). The summed E-state index contributed by atoms with van der Waals surface area (Å²) in [4.78, 5) is 0. The van der Waals surface area contributed by atoms with E-state index in [4.69, 9.17) is 4.74 Å². The van der Waals surface area contributed by atoms with Gasteiger partial charge >= 0.3 is 0 Å². The second kappa shape index (κ2) is 6.16. The SMILES string of the molecule is COc1ccc(CCN[C@@H]2CCSC2)cc1. The highest BCUT2D eigenvalue weighted by molar-refractivity contribution is 7.99. The maximum Gasteiger partial charge on any atom is 0.118 e. The van der Waals surface area contributed by atoms with Gasteiger partial charge in [-0.1, -0.05) is 12.1 Å². The summed E-state index contributed by atoms with van der Waals surface area (Å²) >= 11 is 2.05. The van der Waals surface area contributed by atoms with Gasteiger partial charge in [0, 0.05) is 11.8 Å². The molecule has 0 unspecified atom stereocenters. The van der Waals surface area contributed by atoms with E-state index in [0.717, 1.165) is 24.8 Å². The summed E-state index contributed by atoms with van der Waals surface area (Å²) in [5, 5.41) is 3.61. The van der Waals surface area contributed by atoms with Gasteiger partial charge in [0.15, 0.2) is 0 Å². The van der Waals surface area contributed by atoms with Gasteiger partial charge in [-0.3, -0.25) is 0 Å². The van der Waals surface area contributed by atoms with E-state index in [-0.39, 0.29) is 0 Å². The molecule has 1 atom stereocenters. The highest BCUT2D eigenvalue weighted by Gasteiger charge is 2.13. The molecule has 1 heterocycles. The first-order valence-corrected chi connectivity index (χ1v) is 6.98. The quantitative estimate of drug-likeness (QED) is 0.849. The topological polar surface area (TPSA) is 21.3 Å². The Kier molecular flexibility index (Phi) is 4.55. The Morgan fingerprint density at radius 3 is 2.81 bits per heavy atom. The summed E-state index contributed by atoms with van der Waals surface area (Å²) in [5.74, 6) is 3.53. The fourth-order valence-corrected chi connectivity index (χ4v) is 3.10. The minimum absolute atomic E-state index is 0.739. The molecule has 0 spiro atoms. The number of hydrogen-bond donors (Lipinski definition) is 1. The normalized spacial score (nSPS) is 19.9. The van der Waals surface area contributed by atoms with Crippen LogP contribution < -0.4 is 10.1 Å². The number of thioether (sulfide) groups is 1. The van der Waals surface area contributed by atoms with Crippen LogP contribution in [-0.2, 0) is 6.42 Å². The maximum atomic E-state index is 5.14. The largest absolute Gasteiger partial charge is 0.497 e. The molecule has 0 amide bonds. The molecular formula is C13H19NOS. The third-order valence-corrected chi connectivity index (χ3v) is 4.10. The Morgan fingerprint density at radius 2 is 2.19 bits per heavy atom. The van der Waals surface area contributed by atoms with Gasteiger partial charge in [0.1, 0.15) is 5.75 Å². The van der Waals surface area contributed by atoms with Gasteiger partial charge < -0.3 is 10.1 Å². The van der Waals surface area contributed by atoms with E-state index >= 15 is 0 Å². The van der Waals surface area contributed by atoms with Gasteiger partial charge in [-0.25, -0.2) is 0 Å². The van der Waals surface area contributed by atoms with E-state index in [1.807, 2.05) is 12.1 Å². The van der Waals surface area contributed by atoms with E-state index in [1.165, 1.54) is 23.5 Å². The number of benzene rings is 1. The summed E-state index contributed by atoms with van der Waals surface area (Å²) < 4.78 is 5.14. The number of methoxy groups -OCH3 is 1. The van der Waals surface area contributed by atoms with Crippen molar-refractivity contribution in [2.45, 2.75) is 18.9 Å². The van der Waals surface area contributed by atoms with Crippen molar-refractivity contribution in [3.05, 3.63) is 29.8 Å². The molecule has 1 aliphatic heterocycles. The highest BCUT2D eigenvalue weighted by Crippen LogP contribution is 2.17. The Balaban J connectivity index is 1.71. The molecule has 3 heteroatoms. The van der Waals surface area contributed by atoms with Gasteiger partial charge in [0.2, 0.25) is 0 Å². The molecule has 0 aliphatic carbocycles. The van der Waals surface area contributed by atoms with Crippen molar-refractivity contribution in [3.63, 3.8) is 0 Å². The lowest BCUT2D eigenvalue weighted by molar-refractivity contribution is 0.414. The molecule has 1 fully saturated rings. The van der Waals surface area contributed by atoms with Crippen LogP contribution in [0, 0.1) is 0 Å². The van der Waals surface area contributed by atoms with E-state index in [2.05, 4.69) is 29.2 Å². The molecule has 0 bridgehead atoms. The van der Waals surface area contributed by atoms with Gasteiger partial charge in [-0.15, -0.1) is 0 Å². The zero-order chi connectivity index (χ0) is 11.2. The lowest BCUT2D eigenvalue weighted by Gasteiger charge is -2.10. The van der Waals surface area contributed by atoms with Crippen LogP contribution in [0.4, 0.5) is 0 Å². The molecule has 1 aromatic carbocycles. The predicted molar refractivity (Wildman–Crippen MR) is 70.4 cm³/mol. The smallest absolute Gasteiger partial charge is 0.118 e. The first kappa shape index (κ1) is 11.8. The zero-order valence-electron chi connectivity index (χ0n) is 9.74. The van der Waals surface area contributed by atoms with Crippen LogP contribution >= 0.6 is 11.8 Å². The average molecular weight is 237 g/mol. The highest BCUT2D eigenvalue weighted by atomic mass is 32.2.